The van der Waals surface area contributed by atoms with Crippen molar-refractivity contribution in [3.8, 4) is 0 Å². The predicted octanol–water partition coefficient (Wildman–Crippen LogP) is 3.21. The average Bonchev–Trinajstić information content (AvgIpc) is 3.25. The Morgan fingerprint density at radius 2 is 2.07 bits per heavy atom. The zero-order chi connectivity index (χ0) is 18.2. The standard InChI is InChI=1S/C19H26N6O.HI/c1-3-20-19(21-11-6-9-18-24-14(2)25-26-18)22-12-10-15-13-23-17-8-5-4-7-16(15)17;/h4-5,7-8,13,23H,3,6,9-12H2,1-2H3,(H2,20,21,22);1H. The normalized spacial score (nSPS) is 11.4. The third-order valence-corrected chi connectivity index (χ3v) is 4.09. The minimum atomic E-state index is 0. The Bertz CT molecular complexity index is 857. The molecule has 0 aliphatic rings. The predicted molar refractivity (Wildman–Crippen MR) is 119 cm³/mol. The van der Waals surface area contributed by atoms with Gasteiger partial charge in [-0.1, -0.05) is 23.4 Å². The van der Waals surface area contributed by atoms with E-state index in [9.17, 15) is 0 Å². The number of aromatic amines is 1. The van der Waals surface area contributed by atoms with Crippen molar-refractivity contribution in [3.05, 3.63) is 47.7 Å². The molecule has 0 fully saturated rings. The van der Waals surface area contributed by atoms with Crippen molar-refractivity contribution in [1.29, 1.82) is 0 Å². The second kappa shape index (κ2) is 10.9. The van der Waals surface area contributed by atoms with Gasteiger partial charge in [-0.05, 0) is 38.3 Å². The van der Waals surface area contributed by atoms with E-state index >= 15 is 0 Å². The van der Waals surface area contributed by atoms with Gasteiger partial charge < -0.3 is 20.1 Å². The van der Waals surface area contributed by atoms with Gasteiger partial charge >= 0.3 is 0 Å². The highest BCUT2D eigenvalue weighted by Crippen LogP contribution is 2.17. The van der Waals surface area contributed by atoms with E-state index in [-0.39, 0.29) is 24.0 Å². The fourth-order valence-electron chi connectivity index (χ4n) is 2.86. The van der Waals surface area contributed by atoms with Crippen LogP contribution in [0.5, 0.6) is 0 Å². The molecule has 8 heteroatoms. The molecular weight excluding hydrogens is 455 g/mol. The molecule has 0 radical (unpaired) electrons. The number of halogens is 1. The number of benzene rings is 1. The molecule has 0 atom stereocenters. The number of rotatable bonds is 8. The summed E-state index contributed by atoms with van der Waals surface area (Å²) in [7, 11) is 0. The summed E-state index contributed by atoms with van der Waals surface area (Å²) in [6.07, 6.45) is 4.65. The number of fused-ring (bicyclic) bond motifs is 1. The van der Waals surface area contributed by atoms with Gasteiger partial charge in [0.25, 0.3) is 0 Å². The van der Waals surface area contributed by atoms with Crippen molar-refractivity contribution >= 4 is 40.8 Å². The maximum Gasteiger partial charge on any atom is 0.226 e. The van der Waals surface area contributed by atoms with Crippen LogP contribution in [0.25, 0.3) is 10.9 Å². The van der Waals surface area contributed by atoms with Crippen LogP contribution in [0.2, 0.25) is 0 Å². The lowest BCUT2D eigenvalue weighted by Gasteiger charge is -2.11. The number of hydrogen-bond donors (Lipinski definition) is 3. The van der Waals surface area contributed by atoms with E-state index in [1.54, 1.807) is 0 Å². The van der Waals surface area contributed by atoms with Crippen LogP contribution in [0.4, 0.5) is 0 Å². The van der Waals surface area contributed by atoms with Gasteiger partial charge in [0.2, 0.25) is 5.89 Å². The molecule has 2 heterocycles. The van der Waals surface area contributed by atoms with E-state index < -0.39 is 0 Å². The summed E-state index contributed by atoms with van der Waals surface area (Å²) in [5.41, 5.74) is 2.50. The maximum atomic E-state index is 5.12. The summed E-state index contributed by atoms with van der Waals surface area (Å²) < 4.78 is 5.12. The lowest BCUT2D eigenvalue weighted by Crippen LogP contribution is -2.38. The molecule has 7 nitrogen and oxygen atoms in total. The number of nitrogens with one attached hydrogen (secondary N) is 3. The molecule has 0 spiro atoms. The fraction of sp³-hybridized carbons (Fsp3) is 0.421. The summed E-state index contributed by atoms with van der Waals surface area (Å²) in [6.45, 7) is 6.27. The van der Waals surface area contributed by atoms with E-state index in [0.717, 1.165) is 38.3 Å². The number of guanidine groups is 1. The number of nitrogens with zero attached hydrogens (tertiary/aromatic N) is 3. The minimum Gasteiger partial charge on any atom is -0.361 e. The van der Waals surface area contributed by atoms with Gasteiger partial charge in [0.05, 0.1) is 0 Å². The Morgan fingerprint density at radius 1 is 1.22 bits per heavy atom. The highest BCUT2D eigenvalue weighted by atomic mass is 127. The minimum absolute atomic E-state index is 0. The van der Waals surface area contributed by atoms with Crippen molar-refractivity contribution in [2.75, 3.05) is 19.6 Å². The first-order valence-electron chi connectivity index (χ1n) is 9.12. The molecule has 2 aromatic heterocycles. The molecule has 27 heavy (non-hydrogen) atoms. The highest BCUT2D eigenvalue weighted by Gasteiger charge is 2.04. The quantitative estimate of drug-likeness (QED) is 0.199. The highest BCUT2D eigenvalue weighted by molar-refractivity contribution is 14.0. The number of aliphatic imine (C=N–C) groups is 1. The van der Waals surface area contributed by atoms with Crippen LogP contribution in [0.15, 0.2) is 40.0 Å². The van der Waals surface area contributed by atoms with Crippen molar-refractivity contribution in [1.82, 2.24) is 25.8 Å². The zero-order valence-corrected chi connectivity index (χ0v) is 18.1. The number of para-hydroxylation sites is 1. The summed E-state index contributed by atoms with van der Waals surface area (Å²) in [4.78, 5) is 12.1. The second-order valence-electron chi connectivity index (χ2n) is 6.14. The Hall–Kier alpha value is -2.10. The van der Waals surface area contributed by atoms with Crippen molar-refractivity contribution < 1.29 is 4.52 Å². The molecule has 0 aliphatic carbocycles. The SMILES string of the molecule is CCNC(=NCCCc1nc(C)no1)NCCc1c[nH]c2ccccc12.I. The Balaban J connectivity index is 0.00000261. The van der Waals surface area contributed by atoms with Crippen LogP contribution in [0.1, 0.15) is 30.6 Å². The lowest BCUT2D eigenvalue weighted by atomic mass is 10.1. The van der Waals surface area contributed by atoms with Crippen LogP contribution < -0.4 is 10.6 Å². The largest absolute Gasteiger partial charge is 0.361 e. The average molecular weight is 482 g/mol. The van der Waals surface area contributed by atoms with Crippen molar-refractivity contribution in [2.24, 2.45) is 4.99 Å². The molecule has 0 saturated heterocycles. The summed E-state index contributed by atoms with van der Waals surface area (Å²) in [6, 6.07) is 8.37. The first-order chi connectivity index (χ1) is 12.8. The van der Waals surface area contributed by atoms with Crippen molar-refractivity contribution in [2.45, 2.75) is 33.1 Å². The van der Waals surface area contributed by atoms with E-state index in [1.807, 2.05) is 13.0 Å². The molecule has 3 N–H and O–H groups in total. The fourth-order valence-corrected chi connectivity index (χ4v) is 2.86. The monoisotopic (exact) mass is 482 g/mol. The number of aryl methyl sites for hydroxylation is 2. The molecule has 0 saturated carbocycles. The Kier molecular flexibility index (Phi) is 8.56. The molecular formula is C19H27IN6O. The van der Waals surface area contributed by atoms with Gasteiger partial charge in [-0.2, -0.15) is 4.98 Å². The number of H-pyrrole nitrogens is 1. The third kappa shape index (κ3) is 6.23. The van der Waals surface area contributed by atoms with Crippen molar-refractivity contribution in [3.63, 3.8) is 0 Å². The first kappa shape index (κ1) is 21.2. The van der Waals surface area contributed by atoms with Crippen LogP contribution in [0, 0.1) is 6.92 Å². The Morgan fingerprint density at radius 3 is 2.85 bits per heavy atom. The molecule has 3 rings (SSSR count). The first-order valence-corrected chi connectivity index (χ1v) is 9.12. The third-order valence-electron chi connectivity index (χ3n) is 4.09. The molecule has 0 bridgehead atoms. The summed E-state index contributed by atoms with van der Waals surface area (Å²) in [5, 5.41) is 11.8. The van der Waals surface area contributed by atoms with Gasteiger partial charge in [-0.3, -0.25) is 4.99 Å². The van der Waals surface area contributed by atoms with Crippen LogP contribution in [-0.2, 0) is 12.8 Å². The van der Waals surface area contributed by atoms with Gasteiger partial charge in [0.15, 0.2) is 11.8 Å². The van der Waals surface area contributed by atoms with Gasteiger partial charge in [0, 0.05) is 43.2 Å². The lowest BCUT2D eigenvalue weighted by molar-refractivity contribution is 0.372. The number of hydrogen-bond acceptors (Lipinski definition) is 4. The topological polar surface area (TPSA) is 91.1 Å². The van der Waals surface area contributed by atoms with E-state index in [2.05, 4.69) is 62.1 Å². The van der Waals surface area contributed by atoms with E-state index in [4.69, 9.17) is 4.52 Å². The smallest absolute Gasteiger partial charge is 0.226 e. The molecule has 146 valence electrons. The Labute approximate surface area is 176 Å². The zero-order valence-electron chi connectivity index (χ0n) is 15.8. The molecule has 0 amide bonds. The molecule has 1 aromatic carbocycles. The van der Waals surface area contributed by atoms with Gasteiger partial charge in [-0.15, -0.1) is 24.0 Å². The van der Waals surface area contributed by atoms with Crippen LogP contribution in [-0.4, -0.2) is 40.7 Å². The van der Waals surface area contributed by atoms with E-state index in [1.165, 1.54) is 16.5 Å². The van der Waals surface area contributed by atoms with Crippen LogP contribution >= 0.6 is 24.0 Å². The molecule has 0 unspecified atom stereocenters. The maximum absolute atomic E-state index is 5.12. The second-order valence-corrected chi connectivity index (χ2v) is 6.14. The molecule has 3 aromatic rings. The number of aromatic nitrogens is 3. The summed E-state index contributed by atoms with van der Waals surface area (Å²) in [5.74, 6) is 2.19. The van der Waals surface area contributed by atoms with Crippen LogP contribution in [0.3, 0.4) is 0 Å². The van der Waals surface area contributed by atoms with Gasteiger partial charge in [-0.25, -0.2) is 0 Å². The summed E-state index contributed by atoms with van der Waals surface area (Å²) >= 11 is 0. The van der Waals surface area contributed by atoms with E-state index in [0.29, 0.717) is 18.3 Å². The molecule has 0 aliphatic heterocycles. The van der Waals surface area contributed by atoms with Gasteiger partial charge in [0.1, 0.15) is 0 Å².